The Hall–Kier alpha value is -5.25. The molecule has 0 saturated carbocycles. The van der Waals surface area contributed by atoms with Crippen LogP contribution >= 0.6 is 39.2 Å². The summed E-state index contributed by atoms with van der Waals surface area (Å²) < 4.78 is 118. The third-order valence-electron chi connectivity index (χ3n) is 20.7. The quantitative estimate of drug-likeness (QED) is 0.0360. The molecule has 7 aromatic rings. The highest BCUT2D eigenvalue weighted by Crippen LogP contribution is 2.59. The number of quaternary nitrogens is 4. The first-order chi connectivity index (χ1) is 56.0. The van der Waals surface area contributed by atoms with Crippen LogP contribution in [-0.2, 0) is 95.1 Å². The maximum Gasteiger partial charge on any atom is 0.386 e. The molecule has 0 amide bonds. The molecular weight excluding hydrogens is 1710 g/mol. The topological polar surface area (TPSA) is 555 Å². The molecule has 6 saturated heterocycles. The number of hydrogen-bond donors (Lipinski definition) is 13. The summed E-state index contributed by atoms with van der Waals surface area (Å²) in [6.45, 7) is 21.8. The summed E-state index contributed by atoms with van der Waals surface area (Å²) >= 11 is 19.3. The van der Waals surface area contributed by atoms with Gasteiger partial charge in [0.1, 0.15) is 104 Å². The number of ether oxygens (including phenoxy) is 4. The van der Waals surface area contributed by atoms with Crippen LogP contribution < -0.4 is 57.9 Å². The van der Waals surface area contributed by atoms with Crippen molar-refractivity contribution in [1.29, 1.82) is 0 Å². The SMILES string of the molecule is CC[NH+](CC)CC.CC[NH+](CC)CC.CC[NH+](CC)CC.CC[NH+](CC)CC.NC1=Nc2c(ncn2[C@@H]2O[C@@H]3COP([O-])(=S)O[C@H]4[C@@H](O)[C@H](n5cnc6c(N)ncnc65)O[C@@H]4COP(O)(=S)O[C@H]3[C@H]2F)C(=O)C1.Nc1nc2c(ncn2[C@@H]2O[C@@H]3COP([O-])(=S)O[C@H]4[C@@H](O)[C@H](n5cnc6c(N)ncnc65)O[C@@H]4COP(=O)(S)O[C@H]3[C@H]2F)c(=O)[nH]1. The minimum Gasteiger partial charge on any atom is -0.780 e. The van der Waals surface area contributed by atoms with E-state index < -0.39 is 163 Å². The first-order valence-electron chi connectivity index (χ1n) is 38.7. The molecule has 14 heterocycles. The highest BCUT2D eigenvalue weighted by Gasteiger charge is 2.55. The molecule has 7 aliphatic rings. The van der Waals surface area contributed by atoms with Crippen molar-refractivity contribution in [2.75, 3.05) is 122 Å². The van der Waals surface area contributed by atoms with Crippen LogP contribution in [0.3, 0.4) is 0 Å². The van der Waals surface area contributed by atoms with Gasteiger partial charge in [-0.05, 0) is 94.9 Å². The number of thiol groups is 1. The Kier molecular flexibility index (Phi) is 35.1. The Morgan fingerprint density at radius 3 is 1.30 bits per heavy atom. The van der Waals surface area contributed by atoms with Crippen molar-refractivity contribution >= 4 is 143 Å². The number of aliphatic hydroxyl groups excluding tert-OH is 2. The molecule has 0 spiro atoms. The van der Waals surface area contributed by atoms with Gasteiger partial charge in [0.2, 0.25) is 5.95 Å². The number of aromatic nitrogens is 14. The summed E-state index contributed by atoms with van der Waals surface area (Å²) in [4.78, 5) is 111. The van der Waals surface area contributed by atoms with Gasteiger partial charge in [0.15, 0.2) is 88.6 Å². The zero-order valence-corrected chi connectivity index (χ0v) is 74.2. The predicted octanol–water partition coefficient (Wildman–Crippen LogP) is -2.23. The molecule has 20 atom stereocenters. The first-order valence-corrected chi connectivity index (χ1v) is 49.1. The number of ketones is 1. The molecule has 4 unspecified atom stereocenters. The second-order valence-electron chi connectivity index (χ2n) is 27.6. The fraction of sp³-hybridized carbons (Fsp3) is 0.692. The van der Waals surface area contributed by atoms with Gasteiger partial charge < -0.3 is 109 Å². The van der Waals surface area contributed by atoms with E-state index in [2.05, 4.69) is 150 Å². The number of nitrogens with two attached hydrogens (primary N) is 4. The number of aliphatic imine (C=N–C) groups is 1. The van der Waals surface area contributed by atoms with Gasteiger partial charge in [-0.3, -0.25) is 46.4 Å². The monoisotopic (exact) mass is 1820 g/mol. The number of anilines is 3. The maximum absolute atomic E-state index is 16.0. The lowest BCUT2D eigenvalue weighted by molar-refractivity contribution is -0.894. The number of alkyl halides is 2. The summed E-state index contributed by atoms with van der Waals surface area (Å²) in [5, 5.41) is 22.4. The lowest BCUT2D eigenvalue weighted by atomic mass is 10.1. The number of halogens is 2. The van der Waals surface area contributed by atoms with Gasteiger partial charge in [0.05, 0.1) is 137 Å². The van der Waals surface area contributed by atoms with Gasteiger partial charge in [-0.15, -0.1) is 0 Å². The van der Waals surface area contributed by atoms with Crippen molar-refractivity contribution in [3.8, 4) is 0 Å². The zero-order chi connectivity index (χ0) is 86.5. The van der Waals surface area contributed by atoms with Gasteiger partial charge in [-0.25, -0.2) is 58.2 Å². The first kappa shape index (κ1) is 96.6. The van der Waals surface area contributed by atoms with E-state index >= 15 is 8.78 Å². The molecule has 0 bridgehead atoms. The number of Topliss-reactive ketones (excluding diaryl/α,β-unsaturated/α-hetero) is 1. The van der Waals surface area contributed by atoms with Crippen LogP contribution in [0.1, 0.15) is 125 Å². The number of fused-ring (bicyclic) bond motifs is 8. The van der Waals surface area contributed by atoms with Crippen LogP contribution in [0.15, 0.2) is 47.8 Å². The van der Waals surface area contributed by atoms with Gasteiger partial charge in [0.25, 0.3) is 5.56 Å². The van der Waals surface area contributed by atoms with Crippen LogP contribution in [0, 0.1) is 0 Å². The Bertz CT molecular complexity index is 4700. The molecule has 118 heavy (non-hydrogen) atoms. The number of nitrogens with zero attached hydrogens (tertiary/aromatic N) is 14. The molecule has 7 aromatic heterocycles. The number of rotatable bonds is 16. The van der Waals surface area contributed by atoms with Crippen molar-refractivity contribution in [2.45, 2.75) is 188 Å². The Labute approximate surface area is 699 Å². The third-order valence-corrected chi connectivity index (χ3v) is 27.0. The Balaban J connectivity index is 0.000000203. The number of carbonyl (C=O) groups excluding carboxylic acids is 1. The maximum atomic E-state index is 16.0. The average molecular weight is 1820 g/mol. The molecular formula is C65H109F2N23O20P4S4+2. The normalized spacial score (nSPS) is 31.7. The van der Waals surface area contributed by atoms with Crippen LogP contribution in [0.2, 0.25) is 0 Å². The van der Waals surface area contributed by atoms with E-state index in [4.69, 9.17) is 113 Å². The minimum atomic E-state index is -4.46. The largest absolute Gasteiger partial charge is 0.780 e. The standard InChI is InChI=1S/C21H24FN9O10P2S2.C20H23FN10O10P2S2.4C6H15N/c22-11-15-8(38-20(11)31-5-27-12-7(32)1-10(23)29-19(12)31)2-36-43(35,45)41-16-9(3-37-42(34,44)40-15)39-21(14(16)33)30-6-28-13-17(24)25-4-26-18(13)30;21-8-12-6(38-18(8)31-5-27-10-16(31)28-20(23)29-17(10)33)1-36-43(35,45)41-13-7(2-37-42(34,44)40-12)39-19(11(13)32)30-4-26-9-14(22)24-3-25-15(9)30;4*1-4-7(5-2)6-3/h4-6,8-9,11,14-16,20-21,33H,1-3H2,(H2,23,29)(H,34,44)(H,35,45)(H2,24,25,26);3-8,11-13,18-19,32H,1-2H2,(H,34,44)(H,35,45)(H2,22,24,25)(H3,23,28,29,33);4*4-6H2,1-3H3/p+2/t8-,9-,11-,14-,15-,16-,20-,21-,42?,43?;6-,7-,8-,11-,12-,13-,18-,19-,42?,43?;;;;/m11..../s1. The van der Waals surface area contributed by atoms with Crippen molar-refractivity contribution in [2.24, 2.45) is 10.7 Å². The molecule has 6 fully saturated rings. The van der Waals surface area contributed by atoms with Gasteiger partial charge in [-0.1, -0.05) is 35.9 Å². The van der Waals surface area contributed by atoms with E-state index in [1.54, 1.807) is 19.6 Å². The number of H-pyrrole nitrogens is 1. The van der Waals surface area contributed by atoms with Crippen molar-refractivity contribution in [1.82, 2.24) is 68.1 Å². The highest BCUT2D eigenvalue weighted by atomic mass is 32.7. The second-order valence-corrected chi connectivity index (χ2v) is 38.7. The zero-order valence-electron chi connectivity index (χ0n) is 67.3. The number of nitrogens with one attached hydrogen (secondary N) is 5. The van der Waals surface area contributed by atoms with Crippen molar-refractivity contribution < 1.29 is 118 Å². The number of carbonyl (C=O) groups is 1. The Morgan fingerprint density at radius 1 is 0.508 bits per heavy atom. The van der Waals surface area contributed by atoms with E-state index in [1.807, 2.05) is 0 Å². The molecule has 660 valence electrons. The Morgan fingerprint density at radius 2 is 0.873 bits per heavy atom. The van der Waals surface area contributed by atoms with E-state index in [1.165, 1.54) is 113 Å². The number of aliphatic hydroxyl groups is 2. The number of amidine groups is 1. The lowest BCUT2D eigenvalue weighted by Crippen LogP contribution is -3.11. The van der Waals surface area contributed by atoms with Crippen LogP contribution in [0.25, 0.3) is 33.5 Å². The summed E-state index contributed by atoms with van der Waals surface area (Å²) in [6, 6.07) is 0. The van der Waals surface area contributed by atoms with Gasteiger partial charge >= 0.3 is 13.5 Å². The van der Waals surface area contributed by atoms with E-state index in [-0.39, 0.29) is 74.8 Å². The molecule has 0 radical (unpaired) electrons. The fourth-order valence-corrected chi connectivity index (χ4v) is 19.5. The van der Waals surface area contributed by atoms with Crippen molar-refractivity contribution in [3.63, 3.8) is 0 Å². The van der Waals surface area contributed by atoms with Crippen molar-refractivity contribution in [3.05, 3.63) is 54.0 Å². The number of nitrogen functional groups attached to an aromatic ring is 3. The van der Waals surface area contributed by atoms with Crippen LogP contribution in [0.5, 0.6) is 0 Å². The summed E-state index contributed by atoms with van der Waals surface area (Å²) in [5.41, 5.74) is 23.0. The average Bonchev–Trinajstić information content (AvgIpc) is 1.60. The molecule has 53 heteroatoms. The van der Waals surface area contributed by atoms with E-state index in [0.29, 0.717) is 0 Å². The molecule has 0 aromatic carbocycles. The lowest BCUT2D eigenvalue weighted by Gasteiger charge is -2.35. The van der Waals surface area contributed by atoms with Crippen LogP contribution in [-0.4, -0.2) is 273 Å². The van der Waals surface area contributed by atoms with Crippen LogP contribution in [0.4, 0.5) is 32.2 Å². The molecule has 7 aliphatic heterocycles. The molecule has 43 nitrogen and oxygen atoms in total. The number of hydrogen-bond acceptors (Lipinski definition) is 36. The second kappa shape index (κ2) is 42.9. The summed E-state index contributed by atoms with van der Waals surface area (Å²) in [6.07, 6.45) is -17.4. The summed E-state index contributed by atoms with van der Waals surface area (Å²) in [5.74, 6) is -0.575. The smallest absolute Gasteiger partial charge is 0.386 e. The van der Waals surface area contributed by atoms with E-state index in [9.17, 15) is 39.0 Å². The minimum absolute atomic E-state index is 0.00648. The highest BCUT2D eigenvalue weighted by molar-refractivity contribution is 8.44. The number of aromatic amines is 1. The number of imidazole rings is 4. The third kappa shape index (κ3) is 23.4. The van der Waals surface area contributed by atoms with E-state index in [0.717, 1.165) is 21.8 Å². The van der Waals surface area contributed by atoms with Gasteiger partial charge in [-0.2, -0.15) is 4.98 Å². The molecule has 0 aliphatic carbocycles. The summed E-state index contributed by atoms with van der Waals surface area (Å²) in [7, 11) is 0. The predicted molar refractivity (Wildman–Crippen MR) is 437 cm³/mol. The fourth-order valence-electron chi connectivity index (χ4n) is 13.7. The van der Waals surface area contributed by atoms with Gasteiger partial charge in [0, 0.05) is 0 Å². The molecule has 14 rings (SSSR count). The molecule has 16 N–H and O–H groups in total.